The molecular weight excluding hydrogens is 242 g/mol. The Morgan fingerprint density at radius 3 is 2.79 bits per heavy atom. The minimum atomic E-state index is -0.434. The van der Waals surface area contributed by atoms with E-state index in [-0.39, 0.29) is 11.9 Å². The summed E-state index contributed by atoms with van der Waals surface area (Å²) in [6.07, 6.45) is 0.0898. The molecule has 1 aromatic heterocycles. The number of carbonyl (C=O) groups excluding carboxylic acids is 1. The van der Waals surface area contributed by atoms with Crippen LogP contribution in [0.15, 0.2) is 24.3 Å². The molecule has 0 aliphatic rings. The molecule has 0 saturated carbocycles. The lowest BCUT2D eigenvalue weighted by molar-refractivity contribution is 0.0919. The zero-order valence-corrected chi connectivity index (χ0v) is 11.4. The van der Waals surface area contributed by atoms with Crippen molar-refractivity contribution in [3.8, 4) is 0 Å². The van der Waals surface area contributed by atoms with Crippen molar-refractivity contribution in [2.24, 2.45) is 7.05 Å². The molecule has 0 aliphatic heterocycles. The number of hydrogen-bond acceptors (Lipinski definition) is 3. The van der Waals surface area contributed by atoms with Crippen LogP contribution in [0.4, 0.5) is 0 Å². The highest BCUT2D eigenvalue weighted by molar-refractivity contribution is 6.04. The highest BCUT2D eigenvalue weighted by Gasteiger charge is 2.17. The summed E-state index contributed by atoms with van der Waals surface area (Å²) < 4.78 is 1.70. The van der Waals surface area contributed by atoms with Crippen molar-refractivity contribution in [2.45, 2.75) is 32.4 Å². The summed E-state index contributed by atoms with van der Waals surface area (Å²) in [4.78, 5) is 12.2. The van der Waals surface area contributed by atoms with Gasteiger partial charge in [-0.1, -0.05) is 18.2 Å². The average Bonchev–Trinajstić information content (AvgIpc) is 2.66. The second-order valence-corrected chi connectivity index (χ2v) is 4.95. The molecule has 0 spiro atoms. The number of para-hydroxylation sites is 1. The van der Waals surface area contributed by atoms with E-state index >= 15 is 0 Å². The maximum Gasteiger partial charge on any atom is 0.272 e. The van der Waals surface area contributed by atoms with Crippen LogP contribution in [0.1, 0.15) is 30.8 Å². The number of aryl methyl sites for hydroxylation is 1. The van der Waals surface area contributed by atoms with Gasteiger partial charge in [0.25, 0.3) is 5.91 Å². The second kappa shape index (κ2) is 5.40. The fraction of sp³-hybridized carbons (Fsp3) is 0.429. The van der Waals surface area contributed by atoms with Crippen LogP contribution >= 0.6 is 0 Å². The normalized spacial score (nSPS) is 14.3. The fourth-order valence-electron chi connectivity index (χ4n) is 2.24. The molecule has 0 radical (unpaired) electrons. The average molecular weight is 261 g/mol. The predicted octanol–water partition coefficient (Wildman–Crippen LogP) is 1.46. The summed E-state index contributed by atoms with van der Waals surface area (Å²) in [6, 6.07) is 7.53. The second-order valence-electron chi connectivity index (χ2n) is 4.95. The Labute approximate surface area is 112 Å². The Balaban J connectivity index is 2.22. The van der Waals surface area contributed by atoms with Crippen LogP contribution < -0.4 is 5.32 Å². The molecule has 2 rings (SSSR count). The third kappa shape index (κ3) is 2.93. The third-order valence-electron chi connectivity index (χ3n) is 3.05. The maximum atomic E-state index is 12.2. The van der Waals surface area contributed by atoms with Gasteiger partial charge >= 0.3 is 0 Å². The lowest BCUT2D eigenvalue weighted by atomic mass is 10.1. The number of aliphatic hydroxyl groups is 1. The molecule has 0 aliphatic carbocycles. The zero-order valence-electron chi connectivity index (χ0n) is 11.4. The number of rotatable bonds is 4. The molecule has 2 N–H and O–H groups in total. The van der Waals surface area contributed by atoms with Crippen molar-refractivity contribution >= 4 is 16.8 Å². The Kier molecular flexibility index (Phi) is 3.85. The van der Waals surface area contributed by atoms with Crippen molar-refractivity contribution in [3.63, 3.8) is 0 Å². The molecule has 5 nitrogen and oxygen atoms in total. The van der Waals surface area contributed by atoms with Gasteiger partial charge in [0.1, 0.15) is 0 Å². The number of aliphatic hydroxyl groups excluding tert-OH is 1. The van der Waals surface area contributed by atoms with Gasteiger partial charge in [-0.05, 0) is 26.3 Å². The Morgan fingerprint density at radius 1 is 1.42 bits per heavy atom. The molecule has 19 heavy (non-hydrogen) atoms. The largest absolute Gasteiger partial charge is 0.393 e. The number of fused-ring (bicyclic) bond motifs is 1. The van der Waals surface area contributed by atoms with Crippen LogP contribution in [0.2, 0.25) is 0 Å². The predicted molar refractivity (Wildman–Crippen MR) is 73.9 cm³/mol. The standard InChI is InChI=1S/C14H19N3O2/c1-9(8-10(2)18)15-14(19)13-11-6-4-5-7-12(11)17(3)16-13/h4-7,9-10,18H,8H2,1-3H3,(H,15,19). The summed E-state index contributed by atoms with van der Waals surface area (Å²) in [7, 11) is 1.82. The summed E-state index contributed by atoms with van der Waals surface area (Å²) in [5.41, 5.74) is 1.35. The lowest BCUT2D eigenvalue weighted by Crippen LogP contribution is -2.35. The Morgan fingerprint density at radius 2 is 2.11 bits per heavy atom. The molecular formula is C14H19N3O2. The Hall–Kier alpha value is -1.88. The highest BCUT2D eigenvalue weighted by atomic mass is 16.3. The van der Waals surface area contributed by atoms with E-state index in [9.17, 15) is 9.90 Å². The fourth-order valence-corrected chi connectivity index (χ4v) is 2.24. The van der Waals surface area contributed by atoms with E-state index < -0.39 is 6.10 Å². The van der Waals surface area contributed by atoms with Gasteiger partial charge in [-0.2, -0.15) is 5.10 Å². The first-order valence-corrected chi connectivity index (χ1v) is 6.39. The highest BCUT2D eigenvalue weighted by Crippen LogP contribution is 2.17. The number of benzene rings is 1. The topological polar surface area (TPSA) is 67.2 Å². The van der Waals surface area contributed by atoms with Gasteiger partial charge in [-0.25, -0.2) is 0 Å². The molecule has 0 saturated heterocycles. The first kappa shape index (κ1) is 13.5. The van der Waals surface area contributed by atoms with Gasteiger partial charge in [-0.3, -0.25) is 9.48 Å². The molecule has 1 heterocycles. The van der Waals surface area contributed by atoms with E-state index in [1.165, 1.54) is 0 Å². The van der Waals surface area contributed by atoms with Gasteiger partial charge in [0.2, 0.25) is 0 Å². The first-order chi connectivity index (χ1) is 8.99. The SMILES string of the molecule is CC(O)CC(C)NC(=O)c1nn(C)c2ccccc12. The monoisotopic (exact) mass is 261 g/mol. The molecule has 102 valence electrons. The minimum Gasteiger partial charge on any atom is -0.393 e. The molecule has 2 unspecified atom stereocenters. The molecule has 2 atom stereocenters. The van der Waals surface area contributed by atoms with Crippen LogP contribution in [-0.2, 0) is 7.05 Å². The molecule has 5 heteroatoms. The van der Waals surface area contributed by atoms with E-state index in [2.05, 4.69) is 10.4 Å². The van der Waals surface area contributed by atoms with Gasteiger partial charge in [-0.15, -0.1) is 0 Å². The van der Waals surface area contributed by atoms with E-state index in [0.717, 1.165) is 10.9 Å². The number of nitrogens with zero attached hydrogens (tertiary/aromatic N) is 2. The van der Waals surface area contributed by atoms with E-state index in [1.807, 2.05) is 38.2 Å². The number of nitrogens with one attached hydrogen (secondary N) is 1. The molecule has 0 bridgehead atoms. The molecule has 2 aromatic rings. The quantitative estimate of drug-likeness (QED) is 0.875. The van der Waals surface area contributed by atoms with Crippen LogP contribution in [-0.4, -0.2) is 32.9 Å². The van der Waals surface area contributed by atoms with Crippen LogP contribution in [0.3, 0.4) is 0 Å². The Bertz CT molecular complexity index is 589. The van der Waals surface area contributed by atoms with Crippen molar-refractivity contribution < 1.29 is 9.90 Å². The van der Waals surface area contributed by atoms with Crippen LogP contribution in [0, 0.1) is 0 Å². The molecule has 0 fully saturated rings. The lowest BCUT2D eigenvalue weighted by Gasteiger charge is -2.14. The third-order valence-corrected chi connectivity index (χ3v) is 3.05. The summed E-state index contributed by atoms with van der Waals surface area (Å²) in [5, 5.41) is 17.3. The summed E-state index contributed by atoms with van der Waals surface area (Å²) >= 11 is 0. The van der Waals surface area contributed by atoms with Gasteiger partial charge in [0.05, 0.1) is 11.6 Å². The van der Waals surface area contributed by atoms with Crippen molar-refractivity contribution in [1.29, 1.82) is 0 Å². The summed E-state index contributed by atoms with van der Waals surface area (Å²) in [5.74, 6) is -0.204. The van der Waals surface area contributed by atoms with E-state index in [1.54, 1.807) is 11.6 Å². The summed E-state index contributed by atoms with van der Waals surface area (Å²) in [6.45, 7) is 3.58. The van der Waals surface area contributed by atoms with Crippen LogP contribution in [0.5, 0.6) is 0 Å². The van der Waals surface area contributed by atoms with Gasteiger partial charge in [0, 0.05) is 18.5 Å². The zero-order chi connectivity index (χ0) is 14.0. The minimum absolute atomic E-state index is 0.0896. The smallest absolute Gasteiger partial charge is 0.272 e. The number of carbonyl (C=O) groups is 1. The van der Waals surface area contributed by atoms with Gasteiger partial charge < -0.3 is 10.4 Å². The number of amides is 1. The van der Waals surface area contributed by atoms with Crippen molar-refractivity contribution in [1.82, 2.24) is 15.1 Å². The number of hydrogen-bond donors (Lipinski definition) is 2. The number of aromatic nitrogens is 2. The molecule has 1 aromatic carbocycles. The maximum absolute atomic E-state index is 12.2. The van der Waals surface area contributed by atoms with Crippen molar-refractivity contribution in [2.75, 3.05) is 0 Å². The first-order valence-electron chi connectivity index (χ1n) is 6.39. The van der Waals surface area contributed by atoms with Crippen LogP contribution in [0.25, 0.3) is 10.9 Å². The van der Waals surface area contributed by atoms with E-state index in [4.69, 9.17) is 0 Å². The van der Waals surface area contributed by atoms with E-state index in [0.29, 0.717) is 12.1 Å². The van der Waals surface area contributed by atoms with Gasteiger partial charge in [0.15, 0.2) is 5.69 Å². The molecule has 1 amide bonds. The van der Waals surface area contributed by atoms with Crippen molar-refractivity contribution in [3.05, 3.63) is 30.0 Å².